The van der Waals surface area contributed by atoms with Crippen LogP contribution in [0, 0.1) is 0 Å². The maximum atomic E-state index is 13.1. The maximum absolute atomic E-state index is 13.1. The van der Waals surface area contributed by atoms with E-state index in [1.807, 2.05) is 12.1 Å². The summed E-state index contributed by atoms with van der Waals surface area (Å²) in [6.07, 6.45) is 0.702. The van der Waals surface area contributed by atoms with Gasteiger partial charge in [-0.15, -0.1) is 0 Å². The number of sulfonamides is 1. The topological polar surface area (TPSA) is 65.1 Å². The van der Waals surface area contributed by atoms with Crippen molar-refractivity contribution in [3.05, 3.63) is 53.6 Å². The second kappa shape index (κ2) is 7.50. The van der Waals surface area contributed by atoms with Crippen LogP contribution >= 0.6 is 0 Å². The molecule has 144 valence electrons. The van der Waals surface area contributed by atoms with Crippen LogP contribution in [0.25, 0.3) is 0 Å². The number of fused-ring (bicyclic) bond motifs is 1. The lowest BCUT2D eigenvalue weighted by atomic mass is 10.1. The molecule has 2 heterocycles. The van der Waals surface area contributed by atoms with Crippen LogP contribution in [0.4, 0.5) is 0 Å². The first-order valence-electron chi connectivity index (χ1n) is 9.18. The predicted octanol–water partition coefficient (Wildman–Crippen LogP) is 2.78. The number of hydrogen-bond acceptors (Lipinski definition) is 5. The minimum absolute atomic E-state index is 0.216. The van der Waals surface area contributed by atoms with Crippen LogP contribution in [-0.4, -0.2) is 45.6 Å². The highest BCUT2D eigenvalue weighted by Gasteiger charge is 2.32. The Balaban J connectivity index is 1.56. The number of aryl methyl sites for hydroxylation is 1. The number of rotatable bonds is 4. The van der Waals surface area contributed by atoms with Crippen molar-refractivity contribution in [1.82, 2.24) is 4.31 Å². The number of ether oxygens (including phenoxy) is 3. The highest BCUT2D eigenvalue weighted by molar-refractivity contribution is 7.89. The summed E-state index contributed by atoms with van der Waals surface area (Å²) in [7, 11) is -3.63. The Labute approximate surface area is 159 Å². The molecule has 2 aromatic rings. The van der Waals surface area contributed by atoms with Gasteiger partial charge < -0.3 is 14.2 Å². The van der Waals surface area contributed by atoms with Crippen molar-refractivity contribution in [3.8, 4) is 11.5 Å². The number of benzene rings is 2. The first-order chi connectivity index (χ1) is 13.1. The van der Waals surface area contributed by atoms with E-state index in [-0.39, 0.29) is 11.0 Å². The van der Waals surface area contributed by atoms with Gasteiger partial charge in [-0.25, -0.2) is 8.42 Å². The molecule has 1 atom stereocenters. The lowest BCUT2D eigenvalue weighted by molar-refractivity contribution is -0.00256. The standard InChI is InChI=1S/C20H23NO5S/c1-2-15-3-5-16(6-4-15)20-14-21(9-10-24-20)27(22,23)17-7-8-18-19(13-17)26-12-11-25-18/h3-8,13,20H,2,9-12,14H2,1H3. The van der Waals surface area contributed by atoms with Gasteiger partial charge in [0.1, 0.15) is 13.2 Å². The van der Waals surface area contributed by atoms with Gasteiger partial charge in [-0.05, 0) is 29.7 Å². The number of morpholine rings is 1. The van der Waals surface area contributed by atoms with E-state index < -0.39 is 10.0 Å². The monoisotopic (exact) mass is 389 g/mol. The minimum Gasteiger partial charge on any atom is -0.486 e. The van der Waals surface area contributed by atoms with E-state index in [2.05, 4.69) is 19.1 Å². The molecule has 27 heavy (non-hydrogen) atoms. The van der Waals surface area contributed by atoms with Gasteiger partial charge in [0.25, 0.3) is 0 Å². The van der Waals surface area contributed by atoms with Crippen molar-refractivity contribution in [1.29, 1.82) is 0 Å². The van der Waals surface area contributed by atoms with E-state index in [4.69, 9.17) is 14.2 Å². The average molecular weight is 389 g/mol. The highest BCUT2D eigenvalue weighted by Crippen LogP contribution is 2.34. The zero-order chi connectivity index (χ0) is 18.9. The average Bonchev–Trinajstić information content (AvgIpc) is 2.73. The SMILES string of the molecule is CCc1ccc(C2CN(S(=O)(=O)c3ccc4c(c3)OCCO4)CCO2)cc1. The van der Waals surface area contributed by atoms with Crippen molar-refractivity contribution in [2.75, 3.05) is 32.9 Å². The minimum atomic E-state index is -3.63. The zero-order valence-corrected chi connectivity index (χ0v) is 16.1. The van der Waals surface area contributed by atoms with Crippen molar-refractivity contribution in [3.63, 3.8) is 0 Å². The van der Waals surface area contributed by atoms with Gasteiger partial charge in [0, 0.05) is 19.2 Å². The molecular formula is C20H23NO5S. The summed E-state index contributed by atoms with van der Waals surface area (Å²) >= 11 is 0. The fourth-order valence-electron chi connectivity index (χ4n) is 3.35. The third-order valence-corrected chi connectivity index (χ3v) is 6.80. The summed E-state index contributed by atoms with van der Waals surface area (Å²) in [5.74, 6) is 1.05. The first kappa shape index (κ1) is 18.3. The summed E-state index contributed by atoms with van der Waals surface area (Å²) in [5, 5.41) is 0. The van der Waals surface area contributed by atoms with Gasteiger partial charge in [0.05, 0.1) is 17.6 Å². The Kier molecular flexibility index (Phi) is 5.08. The summed E-state index contributed by atoms with van der Waals surface area (Å²) in [6, 6.07) is 12.9. The van der Waals surface area contributed by atoms with E-state index in [0.29, 0.717) is 44.4 Å². The van der Waals surface area contributed by atoms with Crippen LogP contribution in [-0.2, 0) is 21.2 Å². The van der Waals surface area contributed by atoms with Crippen LogP contribution in [0.1, 0.15) is 24.2 Å². The molecule has 2 aliphatic heterocycles. The smallest absolute Gasteiger partial charge is 0.243 e. The lowest BCUT2D eigenvalue weighted by Gasteiger charge is -2.32. The highest BCUT2D eigenvalue weighted by atomic mass is 32.2. The molecule has 6 nitrogen and oxygen atoms in total. The van der Waals surface area contributed by atoms with Crippen molar-refractivity contribution >= 4 is 10.0 Å². The fraction of sp³-hybridized carbons (Fsp3) is 0.400. The van der Waals surface area contributed by atoms with Crippen LogP contribution in [0.5, 0.6) is 11.5 Å². The quantitative estimate of drug-likeness (QED) is 0.805. The van der Waals surface area contributed by atoms with Crippen molar-refractivity contribution < 1.29 is 22.6 Å². The number of hydrogen-bond donors (Lipinski definition) is 0. The van der Waals surface area contributed by atoms with Crippen LogP contribution < -0.4 is 9.47 Å². The molecule has 1 saturated heterocycles. The summed E-state index contributed by atoms with van der Waals surface area (Å²) in [6.45, 7) is 3.99. The molecule has 1 fully saturated rings. The fourth-order valence-corrected chi connectivity index (χ4v) is 4.79. The molecule has 0 aliphatic carbocycles. The van der Waals surface area contributed by atoms with Gasteiger partial charge in [-0.1, -0.05) is 31.2 Å². The Morgan fingerprint density at radius 2 is 1.74 bits per heavy atom. The molecule has 0 N–H and O–H groups in total. The molecule has 7 heteroatoms. The van der Waals surface area contributed by atoms with Gasteiger partial charge in [-0.2, -0.15) is 4.31 Å². The van der Waals surface area contributed by atoms with E-state index >= 15 is 0 Å². The number of nitrogens with zero attached hydrogens (tertiary/aromatic N) is 1. The molecule has 2 aromatic carbocycles. The van der Waals surface area contributed by atoms with Gasteiger partial charge >= 0.3 is 0 Å². The molecule has 0 radical (unpaired) electrons. The summed E-state index contributed by atoms with van der Waals surface area (Å²) in [5.41, 5.74) is 2.24. The molecule has 0 aromatic heterocycles. The van der Waals surface area contributed by atoms with E-state index in [0.717, 1.165) is 12.0 Å². The third kappa shape index (κ3) is 3.67. The Bertz CT molecular complexity index is 910. The molecular weight excluding hydrogens is 366 g/mol. The maximum Gasteiger partial charge on any atom is 0.243 e. The van der Waals surface area contributed by atoms with Crippen LogP contribution in [0.15, 0.2) is 47.4 Å². The molecule has 0 saturated carbocycles. The summed E-state index contributed by atoms with van der Waals surface area (Å²) < 4.78 is 44.6. The summed E-state index contributed by atoms with van der Waals surface area (Å²) in [4.78, 5) is 0.216. The van der Waals surface area contributed by atoms with Gasteiger partial charge in [0.2, 0.25) is 10.0 Å². The molecule has 2 aliphatic rings. The second-order valence-electron chi connectivity index (χ2n) is 6.62. The van der Waals surface area contributed by atoms with Crippen LogP contribution in [0.3, 0.4) is 0 Å². The van der Waals surface area contributed by atoms with Crippen molar-refractivity contribution in [2.45, 2.75) is 24.3 Å². The molecule has 4 rings (SSSR count). The Morgan fingerprint density at radius 1 is 1.00 bits per heavy atom. The predicted molar refractivity (Wildman–Crippen MR) is 101 cm³/mol. The Morgan fingerprint density at radius 3 is 2.48 bits per heavy atom. The second-order valence-corrected chi connectivity index (χ2v) is 8.56. The first-order valence-corrected chi connectivity index (χ1v) is 10.6. The van der Waals surface area contributed by atoms with E-state index in [1.165, 1.54) is 9.87 Å². The van der Waals surface area contributed by atoms with Gasteiger partial charge in [0.15, 0.2) is 11.5 Å². The molecule has 0 bridgehead atoms. The van der Waals surface area contributed by atoms with Crippen LogP contribution in [0.2, 0.25) is 0 Å². The zero-order valence-electron chi connectivity index (χ0n) is 15.3. The normalized spacial score (nSPS) is 20.4. The molecule has 1 unspecified atom stereocenters. The lowest BCUT2D eigenvalue weighted by Crippen LogP contribution is -2.42. The van der Waals surface area contributed by atoms with E-state index in [9.17, 15) is 8.42 Å². The molecule has 0 spiro atoms. The van der Waals surface area contributed by atoms with Gasteiger partial charge in [-0.3, -0.25) is 0 Å². The van der Waals surface area contributed by atoms with E-state index in [1.54, 1.807) is 18.2 Å². The third-order valence-electron chi connectivity index (χ3n) is 4.94. The van der Waals surface area contributed by atoms with Crippen molar-refractivity contribution in [2.24, 2.45) is 0 Å². The molecule has 0 amide bonds. The largest absolute Gasteiger partial charge is 0.486 e. The Hall–Kier alpha value is -2.09.